The first-order valence-electron chi connectivity index (χ1n) is 4.56. The molecule has 2 aromatic heterocycles. The minimum Gasteiger partial charge on any atom is -0.373 e. The van der Waals surface area contributed by atoms with Crippen molar-refractivity contribution in [1.29, 1.82) is 0 Å². The molecule has 0 unspecified atom stereocenters. The lowest BCUT2D eigenvalue weighted by molar-refractivity contribution is -0.388. The van der Waals surface area contributed by atoms with Crippen molar-refractivity contribution in [3.05, 3.63) is 34.3 Å². The quantitative estimate of drug-likeness (QED) is 0.584. The highest BCUT2D eigenvalue weighted by molar-refractivity contribution is 5.55. The van der Waals surface area contributed by atoms with Crippen molar-refractivity contribution in [2.45, 2.75) is 6.54 Å². The Bertz CT molecular complexity index is 502. The van der Waals surface area contributed by atoms with Crippen molar-refractivity contribution in [2.24, 2.45) is 7.05 Å². The van der Waals surface area contributed by atoms with E-state index in [2.05, 4.69) is 20.6 Å². The van der Waals surface area contributed by atoms with Crippen LogP contribution in [0.15, 0.2) is 18.6 Å². The van der Waals surface area contributed by atoms with Crippen LogP contribution >= 0.6 is 0 Å². The Morgan fingerprint density at radius 3 is 3.06 bits per heavy atom. The molecule has 0 aromatic carbocycles. The summed E-state index contributed by atoms with van der Waals surface area (Å²) in [6, 6.07) is 0. The third-order valence-electron chi connectivity index (χ3n) is 2.04. The first kappa shape index (κ1) is 10.1. The zero-order valence-electron chi connectivity index (χ0n) is 8.54. The highest BCUT2D eigenvalue weighted by atomic mass is 16.6. The summed E-state index contributed by atoms with van der Waals surface area (Å²) >= 11 is 0. The van der Waals surface area contributed by atoms with Gasteiger partial charge in [0.05, 0.1) is 6.20 Å². The van der Waals surface area contributed by atoms with E-state index in [0.717, 1.165) is 5.56 Å². The van der Waals surface area contributed by atoms with Gasteiger partial charge in [-0.2, -0.15) is 5.10 Å². The van der Waals surface area contributed by atoms with E-state index in [1.54, 1.807) is 10.9 Å². The van der Waals surface area contributed by atoms with E-state index in [1.807, 2.05) is 13.2 Å². The van der Waals surface area contributed by atoms with E-state index in [4.69, 9.17) is 0 Å². The van der Waals surface area contributed by atoms with E-state index in [0.29, 0.717) is 12.2 Å². The Morgan fingerprint density at radius 2 is 2.44 bits per heavy atom. The van der Waals surface area contributed by atoms with Crippen molar-refractivity contribution in [3.8, 4) is 0 Å². The van der Waals surface area contributed by atoms with Crippen LogP contribution < -0.4 is 5.32 Å². The summed E-state index contributed by atoms with van der Waals surface area (Å²) in [4.78, 5) is 10.1. The number of anilines is 1. The predicted molar refractivity (Wildman–Crippen MR) is 55.8 cm³/mol. The summed E-state index contributed by atoms with van der Waals surface area (Å²) in [5, 5.41) is 23.4. The van der Waals surface area contributed by atoms with Crippen LogP contribution in [-0.4, -0.2) is 24.9 Å². The molecule has 0 bridgehead atoms. The number of nitrogens with zero attached hydrogens (tertiary/aromatic N) is 4. The number of hydrogen-bond donors (Lipinski definition) is 2. The zero-order chi connectivity index (χ0) is 11.5. The van der Waals surface area contributed by atoms with Crippen LogP contribution in [0.25, 0.3) is 0 Å². The summed E-state index contributed by atoms with van der Waals surface area (Å²) in [6.07, 6.45) is 4.91. The molecule has 0 aliphatic rings. The number of aromatic amines is 1. The fraction of sp³-hybridized carbons (Fsp3) is 0.250. The van der Waals surface area contributed by atoms with Gasteiger partial charge in [-0.1, -0.05) is 5.10 Å². The van der Waals surface area contributed by atoms with Gasteiger partial charge in [0.1, 0.15) is 6.20 Å². The van der Waals surface area contributed by atoms with Crippen LogP contribution in [0.1, 0.15) is 5.56 Å². The summed E-state index contributed by atoms with van der Waals surface area (Å²) < 4.78 is 1.67. The lowest BCUT2D eigenvalue weighted by Gasteiger charge is -2.00. The van der Waals surface area contributed by atoms with Gasteiger partial charge in [-0.05, 0) is 4.92 Å². The topological polar surface area (TPSA) is 102 Å². The van der Waals surface area contributed by atoms with Crippen LogP contribution in [0.4, 0.5) is 11.5 Å². The molecular formula is C8H10N6O2. The number of H-pyrrole nitrogens is 1. The Labute approximate surface area is 90.4 Å². The lowest BCUT2D eigenvalue weighted by Crippen LogP contribution is -2.00. The number of aromatic nitrogens is 4. The SMILES string of the molecule is Cn1cc(CNc2cn[nH]c2[N+](=O)[O-])cn1. The summed E-state index contributed by atoms with van der Waals surface area (Å²) in [5.74, 6) is -0.135. The predicted octanol–water partition coefficient (Wildman–Crippen LogP) is 0.663. The molecule has 0 amide bonds. The van der Waals surface area contributed by atoms with E-state index in [-0.39, 0.29) is 5.82 Å². The Hall–Kier alpha value is -2.38. The van der Waals surface area contributed by atoms with E-state index in [1.165, 1.54) is 6.20 Å². The fourth-order valence-corrected chi connectivity index (χ4v) is 1.31. The maximum absolute atomic E-state index is 10.6. The van der Waals surface area contributed by atoms with E-state index < -0.39 is 4.92 Å². The Balaban J connectivity index is 2.04. The van der Waals surface area contributed by atoms with Gasteiger partial charge in [-0.3, -0.25) is 4.68 Å². The average molecular weight is 222 g/mol. The molecule has 0 saturated carbocycles. The van der Waals surface area contributed by atoms with Gasteiger partial charge in [0.25, 0.3) is 0 Å². The average Bonchev–Trinajstić information content (AvgIpc) is 2.83. The smallest absolute Gasteiger partial charge is 0.366 e. The third kappa shape index (κ3) is 2.00. The number of rotatable bonds is 4. The molecule has 0 saturated heterocycles. The number of nitro groups is 1. The van der Waals surface area contributed by atoms with Crippen LogP contribution in [0, 0.1) is 10.1 Å². The number of aryl methyl sites for hydroxylation is 1. The maximum Gasteiger partial charge on any atom is 0.366 e. The molecule has 0 aliphatic carbocycles. The molecule has 0 spiro atoms. The monoisotopic (exact) mass is 222 g/mol. The standard InChI is InChI=1S/C8H10N6O2/c1-13-5-6(3-11-13)2-9-7-4-10-12-8(7)14(15)16/h3-5,9H,2H2,1H3,(H,10,12). The molecule has 2 rings (SSSR count). The zero-order valence-corrected chi connectivity index (χ0v) is 8.54. The highest BCUT2D eigenvalue weighted by Crippen LogP contribution is 2.20. The molecular weight excluding hydrogens is 212 g/mol. The van der Waals surface area contributed by atoms with Gasteiger partial charge in [0.15, 0.2) is 5.69 Å². The van der Waals surface area contributed by atoms with Crippen molar-refractivity contribution in [1.82, 2.24) is 20.0 Å². The molecule has 0 atom stereocenters. The van der Waals surface area contributed by atoms with Gasteiger partial charge < -0.3 is 15.4 Å². The second-order valence-corrected chi connectivity index (χ2v) is 3.27. The summed E-state index contributed by atoms with van der Waals surface area (Å²) in [7, 11) is 1.81. The Kier molecular flexibility index (Phi) is 2.54. The van der Waals surface area contributed by atoms with Gasteiger partial charge in [0.2, 0.25) is 0 Å². The third-order valence-corrected chi connectivity index (χ3v) is 2.04. The molecule has 0 fully saturated rings. The van der Waals surface area contributed by atoms with Crippen LogP contribution in [0.2, 0.25) is 0 Å². The Morgan fingerprint density at radius 1 is 1.62 bits per heavy atom. The maximum atomic E-state index is 10.6. The van der Waals surface area contributed by atoms with Crippen LogP contribution in [-0.2, 0) is 13.6 Å². The first-order chi connectivity index (χ1) is 7.66. The minimum atomic E-state index is -0.515. The molecule has 16 heavy (non-hydrogen) atoms. The van der Waals surface area contributed by atoms with Gasteiger partial charge >= 0.3 is 5.82 Å². The fourth-order valence-electron chi connectivity index (χ4n) is 1.31. The van der Waals surface area contributed by atoms with Crippen LogP contribution in [0.3, 0.4) is 0 Å². The second kappa shape index (κ2) is 4.01. The molecule has 8 heteroatoms. The summed E-state index contributed by atoms with van der Waals surface area (Å²) in [5.41, 5.74) is 1.31. The minimum absolute atomic E-state index is 0.135. The number of nitrogens with one attached hydrogen (secondary N) is 2. The summed E-state index contributed by atoms with van der Waals surface area (Å²) in [6.45, 7) is 0.466. The highest BCUT2D eigenvalue weighted by Gasteiger charge is 2.14. The number of hydrogen-bond acceptors (Lipinski definition) is 5. The van der Waals surface area contributed by atoms with E-state index in [9.17, 15) is 10.1 Å². The molecule has 2 N–H and O–H groups in total. The lowest BCUT2D eigenvalue weighted by atomic mass is 10.3. The largest absolute Gasteiger partial charge is 0.373 e. The molecule has 0 radical (unpaired) electrons. The molecule has 2 heterocycles. The molecule has 2 aromatic rings. The second-order valence-electron chi connectivity index (χ2n) is 3.27. The normalized spacial score (nSPS) is 10.3. The molecule has 8 nitrogen and oxygen atoms in total. The van der Waals surface area contributed by atoms with E-state index >= 15 is 0 Å². The van der Waals surface area contributed by atoms with Crippen molar-refractivity contribution in [3.63, 3.8) is 0 Å². The van der Waals surface area contributed by atoms with Crippen LogP contribution in [0.5, 0.6) is 0 Å². The molecule has 0 aliphatic heterocycles. The van der Waals surface area contributed by atoms with Crippen molar-refractivity contribution >= 4 is 11.5 Å². The van der Waals surface area contributed by atoms with Gasteiger partial charge in [-0.15, -0.1) is 5.10 Å². The first-order valence-corrected chi connectivity index (χ1v) is 4.56. The molecule has 84 valence electrons. The van der Waals surface area contributed by atoms with Crippen molar-refractivity contribution in [2.75, 3.05) is 5.32 Å². The van der Waals surface area contributed by atoms with Gasteiger partial charge in [-0.25, -0.2) is 0 Å². The van der Waals surface area contributed by atoms with Crippen molar-refractivity contribution < 1.29 is 4.92 Å². The van der Waals surface area contributed by atoms with Gasteiger partial charge in [0, 0.05) is 25.4 Å².